The molecule has 3 rings (SSSR count). The van der Waals surface area contributed by atoms with Crippen molar-refractivity contribution in [2.24, 2.45) is 0 Å². The second kappa shape index (κ2) is 15.5. The first-order valence-electron chi connectivity index (χ1n) is 12.0. The maximum absolute atomic E-state index is 13.7. The molecule has 1 aromatic heterocycles. The molecule has 3 amide bonds. The highest BCUT2D eigenvalue weighted by Gasteiger charge is 2.23. The number of hydrogen-bond donors (Lipinski definition) is 4. The van der Waals surface area contributed by atoms with Crippen molar-refractivity contribution in [2.75, 3.05) is 38.8 Å². The van der Waals surface area contributed by atoms with Gasteiger partial charge < -0.3 is 34.2 Å². The van der Waals surface area contributed by atoms with E-state index in [4.69, 9.17) is 26.0 Å². The molecule has 2 aromatic carbocycles. The smallest absolute Gasteiger partial charge is 0.412 e. The zero-order chi connectivity index (χ0) is 29.1. The molecule has 0 fully saturated rings. The van der Waals surface area contributed by atoms with Gasteiger partial charge in [0.25, 0.3) is 0 Å². The van der Waals surface area contributed by atoms with E-state index >= 15 is 0 Å². The summed E-state index contributed by atoms with van der Waals surface area (Å²) in [4.78, 5) is 39.4. The number of likely N-dealkylation sites (N-methyl/N-ethyl adjacent to an activating group) is 1. The number of amides is 3. The lowest BCUT2D eigenvalue weighted by atomic mass is 10.2. The fourth-order valence-electron chi connectivity index (χ4n) is 3.44. The van der Waals surface area contributed by atoms with Gasteiger partial charge in [-0.15, -0.1) is 0 Å². The first-order valence-corrected chi connectivity index (χ1v) is 13.6. The Labute approximate surface area is 234 Å². The predicted octanol–water partition coefficient (Wildman–Crippen LogP) is 3.56. The Balaban J connectivity index is 1.59. The molecule has 0 aliphatic heterocycles. The number of hydrogen-bond acceptors (Lipinski definition) is 8. The highest BCUT2D eigenvalue weighted by atomic mass is 35.5. The number of ether oxygens (including phenoxy) is 2. The van der Waals surface area contributed by atoms with Crippen LogP contribution in [0, 0.1) is 5.82 Å². The fraction of sp³-hybridized carbons (Fsp3) is 0.320. The Morgan fingerprint density at radius 2 is 1.88 bits per heavy atom. The number of benzene rings is 2. The average molecular weight is 599 g/mol. The molecule has 216 valence electrons. The summed E-state index contributed by atoms with van der Waals surface area (Å²) in [5.74, 6) is -0.358. The third-order valence-electron chi connectivity index (χ3n) is 5.62. The Morgan fingerprint density at radius 1 is 1.12 bits per heavy atom. The molecule has 12 nitrogen and oxygen atoms in total. The molecule has 3 aromatic rings. The number of aromatic nitrogens is 1. The number of nitrogens with zero attached hydrogens (tertiary/aromatic N) is 2. The summed E-state index contributed by atoms with van der Waals surface area (Å²) in [6, 6.07) is 11.9. The summed E-state index contributed by atoms with van der Waals surface area (Å²) >= 11 is 5.95. The van der Waals surface area contributed by atoms with Crippen molar-refractivity contribution in [1.29, 1.82) is 0 Å². The van der Waals surface area contributed by atoms with Crippen molar-refractivity contribution < 1.29 is 42.5 Å². The molecule has 1 heterocycles. The van der Waals surface area contributed by atoms with Gasteiger partial charge in [0, 0.05) is 25.2 Å². The number of carbonyl (C=O) groups excluding carboxylic acids is 2. The number of fused-ring (bicyclic) bond motifs is 1. The average Bonchev–Trinajstić information content (AvgIpc) is 2.93. The fourth-order valence-corrected chi connectivity index (χ4v) is 3.97. The number of nitrogens with one attached hydrogen (secondary N) is 2. The summed E-state index contributed by atoms with van der Waals surface area (Å²) in [7, 11) is -1.78. The van der Waals surface area contributed by atoms with Crippen LogP contribution in [0.4, 0.5) is 19.8 Å². The topological polar surface area (TPSA) is 160 Å². The zero-order valence-corrected chi connectivity index (χ0v) is 23.1. The molecule has 4 N–H and O–H groups in total. The van der Waals surface area contributed by atoms with Crippen LogP contribution in [0.15, 0.2) is 54.7 Å². The molecule has 0 aliphatic carbocycles. The number of anilines is 1. The molecule has 0 bridgehead atoms. The van der Waals surface area contributed by atoms with E-state index in [1.165, 1.54) is 24.1 Å². The molecular weight excluding hydrogens is 570 g/mol. The third-order valence-corrected chi connectivity index (χ3v) is 6.45. The van der Waals surface area contributed by atoms with E-state index in [1.54, 1.807) is 18.3 Å². The number of urea groups is 1. The standard InChI is InChI=1S/C25H29ClFN4O8P/c1-31(24(33)29-11-18-7-4-8-21(27)23(18)26)19(12-37-14-20(32)15-39-40(35)36)13-38-25(34)30-22-9-16-5-2-3-6-17(16)10-28-22/h2-10,19-20,32,40H,11-15H2,1H3,(H,29,33)(H,35,36)(H,28,30,34)/t19-,20-/m0/s1. The molecule has 0 saturated carbocycles. The Kier molecular flexibility index (Phi) is 12.1. The number of carbonyl (C=O) groups is 2. The molecule has 1 unspecified atom stereocenters. The minimum absolute atomic E-state index is 0.0707. The SMILES string of the molecule is CN(C(=O)NCc1cccc(F)c1Cl)[C@@H](COC[C@H](O)CO[PH](=O)O)COC(=O)Nc1cc2ccccc2cn1. The Hall–Kier alpha value is -3.32. The molecular formula is C25H29ClFN4O8P. The van der Waals surface area contributed by atoms with Crippen LogP contribution in [-0.4, -0.2) is 77.6 Å². The van der Waals surface area contributed by atoms with E-state index in [-0.39, 0.29) is 37.2 Å². The molecule has 0 saturated heterocycles. The molecule has 0 radical (unpaired) electrons. The Morgan fingerprint density at radius 3 is 2.62 bits per heavy atom. The van der Waals surface area contributed by atoms with Crippen molar-refractivity contribution >= 4 is 48.6 Å². The van der Waals surface area contributed by atoms with Crippen LogP contribution in [0.2, 0.25) is 5.02 Å². The summed E-state index contributed by atoms with van der Waals surface area (Å²) in [6.07, 6.45) is -0.429. The van der Waals surface area contributed by atoms with E-state index in [0.717, 1.165) is 10.8 Å². The van der Waals surface area contributed by atoms with Gasteiger partial charge in [0.2, 0.25) is 0 Å². The second-order valence-electron chi connectivity index (χ2n) is 8.54. The van der Waals surface area contributed by atoms with Crippen molar-refractivity contribution in [1.82, 2.24) is 15.2 Å². The quantitative estimate of drug-likeness (QED) is 0.216. The summed E-state index contributed by atoms with van der Waals surface area (Å²) in [5, 5.41) is 16.6. The number of aliphatic hydroxyl groups is 1. The molecule has 40 heavy (non-hydrogen) atoms. The first-order chi connectivity index (χ1) is 19.1. The first kappa shape index (κ1) is 31.2. The van der Waals surface area contributed by atoms with Crippen LogP contribution in [0.1, 0.15) is 5.56 Å². The van der Waals surface area contributed by atoms with Crippen LogP contribution in [0.25, 0.3) is 10.8 Å². The molecule has 15 heteroatoms. The Bertz CT molecular complexity index is 1340. The van der Waals surface area contributed by atoms with Crippen molar-refractivity contribution in [2.45, 2.75) is 18.7 Å². The van der Waals surface area contributed by atoms with Crippen molar-refractivity contribution in [3.8, 4) is 0 Å². The van der Waals surface area contributed by atoms with Crippen molar-refractivity contribution in [3.63, 3.8) is 0 Å². The monoisotopic (exact) mass is 598 g/mol. The van der Waals surface area contributed by atoms with E-state index < -0.39 is 44.9 Å². The van der Waals surface area contributed by atoms with Gasteiger partial charge in [0.1, 0.15) is 24.3 Å². The van der Waals surface area contributed by atoms with E-state index in [1.807, 2.05) is 24.3 Å². The van der Waals surface area contributed by atoms with Crippen LogP contribution in [0.5, 0.6) is 0 Å². The molecule has 0 aliphatic rings. The summed E-state index contributed by atoms with van der Waals surface area (Å²) in [5.41, 5.74) is 0.362. The zero-order valence-electron chi connectivity index (χ0n) is 21.4. The van der Waals surface area contributed by atoms with Crippen LogP contribution in [0.3, 0.4) is 0 Å². The van der Waals surface area contributed by atoms with Crippen LogP contribution < -0.4 is 10.6 Å². The third kappa shape index (κ3) is 9.70. The molecule has 0 spiro atoms. The predicted molar refractivity (Wildman–Crippen MR) is 146 cm³/mol. The number of pyridine rings is 1. The lowest BCUT2D eigenvalue weighted by Crippen LogP contribution is -2.48. The van der Waals surface area contributed by atoms with Crippen LogP contribution in [-0.2, 0) is 25.1 Å². The van der Waals surface area contributed by atoms with Gasteiger partial charge in [0.15, 0.2) is 0 Å². The van der Waals surface area contributed by atoms with Gasteiger partial charge in [-0.1, -0.05) is 48.0 Å². The largest absolute Gasteiger partial charge is 0.447 e. The number of rotatable bonds is 13. The van der Waals surface area contributed by atoms with Crippen LogP contribution >= 0.6 is 19.9 Å². The van der Waals surface area contributed by atoms with Gasteiger partial charge in [0.05, 0.1) is 30.9 Å². The van der Waals surface area contributed by atoms with E-state index in [9.17, 15) is 23.7 Å². The highest BCUT2D eigenvalue weighted by Crippen LogP contribution is 2.20. The van der Waals surface area contributed by atoms with Gasteiger partial charge >= 0.3 is 20.4 Å². The summed E-state index contributed by atoms with van der Waals surface area (Å²) in [6.45, 7) is -1.27. The minimum Gasteiger partial charge on any atom is -0.447 e. The van der Waals surface area contributed by atoms with Crippen molar-refractivity contribution in [3.05, 3.63) is 71.1 Å². The second-order valence-corrected chi connectivity index (χ2v) is 9.74. The van der Waals surface area contributed by atoms with E-state index in [0.29, 0.717) is 5.56 Å². The van der Waals surface area contributed by atoms with E-state index in [2.05, 4.69) is 20.1 Å². The van der Waals surface area contributed by atoms with Gasteiger partial charge in [-0.05, 0) is 23.1 Å². The van der Waals surface area contributed by atoms with Gasteiger partial charge in [-0.25, -0.2) is 19.0 Å². The normalized spacial score (nSPS) is 13.3. The minimum atomic E-state index is -3.21. The lowest BCUT2D eigenvalue weighted by molar-refractivity contribution is -0.0118. The maximum atomic E-state index is 13.7. The highest BCUT2D eigenvalue weighted by molar-refractivity contribution is 7.32. The lowest BCUT2D eigenvalue weighted by Gasteiger charge is -2.28. The van der Waals surface area contributed by atoms with Gasteiger partial charge in [-0.3, -0.25) is 9.88 Å². The molecule has 3 atom stereocenters. The van der Waals surface area contributed by atoms with Gasteiger partial charge in [-0.2, -0.15) is 0 Å². The summed E-state index contributed by atoms with van der Waals surface area (Å²) < 4.78 is 39.6. The number of aliphatic hydroxyl groups excluding tert-OH is 1. The maximum Gasteiger partial charge on any atom is 0.412 e. The number of halogens is 2.